The first kappa shape index (κ1) is 21.8. The third-order valence-electron chi connectivity index (χ3n) is 5.35. The van der Waals surface area contributed by atoms with Crippen molar-refractivity contribution < 1.29 is 26.4 Å². The Morgan fingerprint density at radius 2 is 1.97 bits per heavy atom. The highest BCUT2D eigenvalue weighted by Crippen LogP contribution is 2.36. The Balaban J connectivity index is 1.53. The Bertz CT molecular complexity index is 818. The summed E-state index contributed by atoms with van der Waals surface area (Å²) in [7, 11) is -2.94. The molecule has 2 saturated heterocycles. The number of carbonyl (C=O) groups is 1. The van der Waals surface area contributed by atoms with Crippen LogP contribution in [-0.4, -0.2) is 75.0 Å². The molecule has 0 bridgehead atoms. The van der Waals surface area contributed by atoms with Gasteiger partial charge in [-0.15, -0.1) is 0 Å². The van der Waals surface area contributed by atoms with Gasteiger partial charge in [-0.3, -0.25) is 9.69 Å². The van der Waals surface area contributed by atoms with Gasteiger partial charge < -0.3 is 10.2 Å². The molecule has 7 nitrogen and oxygen atoms in total. The number of nitrogens with zero attached hydrogens (tertiary/aromatic N) is 3. The maximum absolute atomic E-state index is 13.3. The molecule has 1 amide bonds. The summed E-state index contributed by atoms with van der Waals surface area (Å²) in [5.74, 6) is -0.474. The molecule has 0 spiro atoms. The van der Waals surface area contributed by atoms with E-state index >= 15 is 0 Å². The highest BCUT2D eigenvalue weighted by Gasteiger charge is 2.37. The minimum Gasteiger partial charge on any atom is -0.355 e. The van der Waals surface area contributed by atoms with Crippen LogP contribution in [0.1, 0.15) is 18.4 Å². The lowest BCUT2D eigenvalue weighted by molar-refractivity contribution is -0.137. The van der Waals surface area contributed by atoms with E-state index in [4.69, 9.17) is 0 Å². The van der Waals surface area contributed by atoms with E-state index in [2.05, 4.69) is 10.3 Å². The Labute approximate surface area is 168 Å². The summed E-state index contributed by atoms with van der Waals surface area (Å²) in [6, 6.07) is 2.26. The predicted molar refractivity (Wildman–Crippen MR) is 102 cm³/mol. The maximum Gasteiger partial charge on any atom is 0.419 e. The molecule has 162 valence electrons. The first-order valence-corrected chi connectivity index (χ1v) is 11.5. The molecule has 1 aromatic rings. The molecule has 0 saturated carbocycles. The number of hydrogen-bond donors (Lipinski definition) is 1. The Morgan fingerprint density at radius 1 is 1.24 bits per heavy atom. The second-order valence-electron chi connectivity index (χ2n) is 7.44. The largest absolute Gasteiger partial charge is 0.419 e. The van der Waals surface area contributed by atoms with Crippen molar-refractivity contribution in [2.75, 3.05) is 55.7 Å². The molecule has 2 aliphatic rings. The smallest absolute Gasteiger partial charge is 0.355 e. The normalized spacial score (nSPS) is 23.0. The zero-order chi connectivity index (χ0) is 21.1. The second-order valence-corrected chi connectivity index (χ2v) is 9.75. The van der Waals surface area contributed by atoms with Crippen molar-refractivity contribution in [3.05, 3.63) is 23.9 Å². The molecule has 1 N–H and O–H groups in total. The Hall–Kier alpha value is -1.88. The first-order chi connectivity index (χ1) is 13.7. The van der Waals surface area contributed by atoms with Crippen molar-refractivity contribution in [3.63, 3.8) is 0 Å². The topological polar surface area (TPSA) is 82.6 Å². The molecule has 2 fully saturated rings. The fourth-order valence-electron chi connectivity index (χ4n) is 3.71. The van der Waals surface area contributed by atoms with Gasteiger partial charge in [0.15, 0.2) is 9.84 Å². The van der Waals surface area contributed by atoms with Gasteiger partial charge in [0, 0.05) is 45.5 Å². The lowest BCUT2D eigenvalue weighted by Crippen LogP contribution is -2.47. The summed E-state index contributed by atoms with van der Waals surface area (Å²) in [5.41, 5.74) is -0.791. The number of amides is 1. The number of piperidine rings is 1. The Morgan fingerprint density at radius 3 is 2.66 bits per heavy atom. The van der Waals surface area contributed by atoms with Crippen LogP contribution in [0.5, 0.6) is 0 Å². The van der Waals surface area contributed by atoms with Gasteiger partial charge >= 0.3 is 6.18 Å². The van der Waals surface area contributed by atoms with Crippen LogP contribution in [-0.2, 0) is 20.8 Å². The fourth-order valence-corrected chi connectivity index (χ4v) is 4.99. The van der Waals surface area contributed by atoms with E-state index in [-0.39, 0.29) is 29.8 Å². The van der Waals surface area contributed by atoms with Crippen LogP contribution in [0.25, 0.3) is 0 Å². The van der Waals surface area contributed by atoms with Gasteiger partial charge in [-0.1, -0.05) is 0 Å². The van der Waals surface area contributed by atoms with Crippen LogP contribution in [0.4, 0.5) is 19.0 Å². The van der Waals surface area contributed by atoms with Crippen LogP contribution in [0.2, 0.25) is 0 Å². The minimum absolute atomic E-state index is 0.129. The third kappa shape index (κ3) is 5.81. The van der Waals surface area contributed by atoms with Crippen LogP contribution < -0.4 is 10.2 Å². The number of hydrogen-bond acceptors (Lipinski definition) is 6. The fraction of sp³-hybridized carbons (Fsp3) is 0.667. The summed E-state index contributed by atoms with van der Waals surface area (Å²) in [4.78, 5) is 19.9. The average Bonchev–Trinajstić information content (AvgIpc) is 2.68. The van der Waals surface area contributed by atoms with Gasteiger partial charge in [-0.05, 0) is 25.0 Å². The van der Waals surface area contributed by atoms with Gasteiger partial charge in [0.2, 0.25) is 5.91 Å². The molecule has 3 rings (SSSR count). The number of alkyl halides is 3. The summed E-state index contributed by atoms with van der Waals surface area (Å²) in [6.45, 7) is 2.45. The molecule has 0 radical (unpaired) electrons. The number of halogens is 3. The molecule has 29 heavy (non-hydrogen) atoms. The molecule has 1 atom stereocenters. The number of sulfone groups is 1. The van der Waals surface area contributed by atoms with Crippen LogP contribution in [0.3, 0.4) is 0 Å². The zero-order valence-electron chi connectivity index (χ0n) is 16.0. The maximum atomic E-state index is 13.3. The number of nitrogens with one attached hydrogen (secondary N) is 1. The zero-order valence-corrected chi connectivity index (χ0v) is 16.8. The molecule has 0 aromatic carbocycles. The summed E-state index contributed by atoms with van der Waals surface area (Å²) < 4.78 is 62.7. The molecule has 3 heterocycles. The monoisotopic (exact) mass is 434 g/mol. The number of pyridine rings is 1. The first-order valence-electron chi connectivity index (χ1n) is 9.63. The van der Waals surface area contributed by atoms with E-state index in [1.54, 1.807) is 0 Å². The van der Waals surface area contributed by atoms with Crippen molar-refractivity contribution in [1.82, 2.24) is 15.2 Å². The molecular weight excluding hydrogens is 409 g/mol. The van der Waals surface area contributed by atoms with E-state index in [1.807, 2.05) is 4.90 Å². The van der Waals surface area contributed by atoms with Crippen molar-refractivity contribution in [1.29, 1.82) is 0 Å². The summed E-state index contributed by atoms with van der Waals surface area (Å²) in [6.07, 6.45) is -1.96. The van der Waals surface area contributed by atoms with Crippen LogP contribution in [0.15, 0.2) is 18.3 Å². The average molecular weight is 434 g/mol. The highest BCUT2D eigenvalue weighted by molar-refractivity contribution is 7.91. The van der Waals surface area contributed by atoms with E-state index in [0.29, 0.717) is 45.6 Å². The highest BCUT2D eigenvalue weighted by atomic mass is 32.2. The molecule has 11 heteroatoms. The Kier molecular flexibility index (Phi) is 6.67. The van der Waals surface area contributed by atoms with Crippen LogP contribution in [0, 0.1) is 5.92 Å². The number of aromatic nitrogens is 1. The molecular formula is C18H25F3N4O3S. The third-order valence-corrected chi connectivity index (χ3v) is 6.96. The van der Waals surface area contributed by atoms with E-state index in [9.17, 15) is 26.4 Å². The quantitative estimate of drug-likeness (QED) is 0.749. The van der Waals surface area contributed by atoms with Crippen LogP contribution >= 0.6 is 0 Å². The molecule has 1 aromatic heterocycles. The van der Waals surface area contributed by atoms with Gasteiger partial charge in [0.05, 0.1) is 23.0 Å². The second kappa shape index (κ2) is 8.86. The lowest BCUT2D eigenvalue weighted by atomic mass is 9.96. The van der Waals surface area contributed by atoms with Gasteiger partial charge in [-0.2, -0.15) is 13.2 Å². The molecule has 2 aliphatic heterocycles. The number of carbonyl (C=O) groups excluding carboxylic acids is 1. The predicted octanol–water partition coefficient (Wildman–Crippen LogP) is 1.16. The van der Waals surface area contributed by atoms with Gasteiger partial charge in [0.25, 0.3) is 0 Å². The standard InChI is InChI=1S/C18H25F3N4O3S/c19-18(20,21)15-4-1-5-22-16(15)25-7-2-3-14(13-25)17(26)23-6-8-24-9-11-29(27,28)12-10-24/h1,4-5,14H,2-3,6-13H2,(H,23,26)/t14-/m0/s1. The van der Waals surface area contributed by atoms with E-state index < -0.39 is 27.5 Å². The van der Waals surface area contributed by atoms with Crippen molar-refractivity contribution in [3.8, 4) is 0 Å². The number of rotatable bonds is 5. The lowest BCUT2D eigenvalue weighted by Gasteiger charge is -2.34. The van der Waals surface area contributed by atoms with Gasteiger partial charge in [-0.25, -0.2) is 13.4 Å². The molecule has 0 aliphatic carbocycles. The molecule has 0 unspecified atom stereocenters. The van der Waals surface area contributed by atoms with Crippen molar-refractivity contribution in [2.45, 2.75) is 19.0 Å². The van der Waals surface area contributed by atoms with Crippen molar-refractivity contribution >= 4 is 21.6 Å². The minimum atomic E-state index is -4.50. The van der Waals surface area contributed by atoms with Gasteiger partial charge in [0.1, 0.15) is 5.82 Å². The van der Waals surface area contributed by atoms with E-state index in [0.717, 1.165) is 6.07 Å². The van der Waals surface area contributed by atoms with E-state index in [1.165, 1.54) is 17.2 Å². The number of anilines is 1. The summed E-state index contributed by atoms with van der Waals surface area (Å²) in [5, 5.41) is 2.84. The van der Waals surface area contributed by atoms with Crippen molar-refractivity contribution in [2.24, 2.45) is 5.92 Å². The SMILES string of the molecule is O=C(NCCN1CCS(=O)(=O)CC1)[C@H]1CCCN(c2ncccc2C(F)(F)F)C1. The summed E-state index contributed by atoms with van der Waals surface area (Å²) >= 11 is 0.